The highest BCUT2D eigenvalue weighted by atomic mass is 32.2. The number of hydrogen-bond acceptors (Lipinski definition) is 4. The first-order valence-corrected chi connectivity index (χ1v) is 6.47. The third kappa shape index (κ3) is 4.31. The molecule has 0 saturated heterocycles. The van der Waals surface area contributed by atoms with Crippen LogP contribution in [-0.2, 0) is 14.8 Å². The lowest BCUT2D eigenvalue weighted by atomic mass is 10.2. The third-order valence-electron chi connectivity index (χ3n) is 2.07. The van der Waals surface area contributed by atoms with E-state index in [1.165, 1.54) is 12.1 Å². The number of carboxylic acids is 1. The summed E-state index contributed by atoms with van der Waals surface area (Å²) >= 11 is 0. The van der Waals surface area contributed by atoms with Crippen LogP contribution in [0.15, 0.2) is 18.2 Å². The van der Waals surface area contributed by atoms with Crippen LogP contribution in [0.2, 0.25) is 0 Å². The van der Waals surface area contributed by atoms with Crippen molar-refractivity contribution in [3.05, 3.63) is 23.8 Å². The van der Waals surface area contributed by atoms with Crippen LogP contribution >= 0.6 is 0 Å². The molecule has 6 nitrogen and oxygen atoms in total. The van der Waals surface area contributed by atoms with Gasteiger partial charge in [0.1, 0.15) is 5.75 Å². The predicted molar refractivity (Wildman–Crippen MR) is 62.5 cm³/mol. The number of anilines is 1. The van der Waals surface area contributed by atoms with Crippen LogP contribution < -0.4 is 4.72 Å². The minimum Gasteiger partial charge on any atom is -0.508 e. The Balaban J connectivity index is 2.76. The molecule has 0 amide bonds. The molecule has 0 aliphatic heterocycles. The highest BCUT2D eigenvalue weighted by Crippen LogP contribution is 2.21. The van der Waals surface area contributed by atoms with Crippen LogP contribution in [0.5, 0.6) is 5.75 Å². The van der Waals surface area contributed by atoms with Gasteiger partial charge in [-0.2, -0.15) is 0 Å². The molecule has 1 aromatic carbocycles. The van der Waals surface area contributed by atoms with Gasteiger partial charge < -0.3 is 10.2 Å². The van der Waals surface area contributed by atoms with Crippen LogP contribution in [0.1, 0.15) is 12.0 Å². The topological polar surface area (TPSA) is 104 Å². The van der Waals surface area contributed by atoms with Gasteiger partial charge in [0.2, 0.25) is 10.0 Å². The number of benzene rings is 1. The van der Waals surface area contributed by atoms with Crippen molar-refractivity contribution in [2.24, 2.45) is 0 Å². The van der Waals surface area contributed by atoms with E-state index in [-0.39, 0.29) is 11.4 Å². The number of nitrogens with one attached hydrogen (secondary N) is 1. The molecule has 3 N–H and O–H groups in total. The second-order valence-corrected chi connectivity index (χ2v) is 5.41. The fourth-order valence-electron chi connectivity index (χ4n) is 1.13. The number of aromatic hydroxyl groups is 1. The van der Waals surface area contributed by atoms with Gasteiger partial charge in [-0.25, -0.2) is 8.42 Å². The molecule has 1 aromatic rings. The second-order valence-electron chi connectivity index (χ2n) is 3.57. The van der Waals surface area contributed by atoms with Crippen LogP contribution in [0.3, 0.4) is 0 Å². The number of carboxylic acid groups (broad SMARTS) is 1. The molecule has 0 aliphatic carbocycles. The van der Waals surface area contributed by atoms with Crippen molar-refractivity contribution in [3.63, 3.8) is 0 Å². The SMILES string of the molecule is Cc1ccc(NS(=O)(=O)CCC(=O)O)cc1O. The maximum atomic E-state index is 11.4. The first kappa shape index (κ1) is 13.3. The molecule has 0 atom stereocenters. The van der Waals surface area contributed by atoms with E-state index in [1.807, 2.05) is 0 Å². The number of phenolic OH excluding ortho intramolecular Hbond substituents is 1. The van der Waals surface area contributed by atoms with Gasteiger partial charge in [-0.15, -0.1) is 0 Å². The monoisotopic (exact) mass is 259 g/mol. The van der Waals surface area contributed by atoms with E-state index in [0.717, 1.165) is 0 Å². The summed E-state index contributed by atoms with van der Waals surface area (Å²) in [5.74, 6) is -1.71. The average Bonchev–Trinajstić information content (AvgIpc) is 2.21. The fraction of sp³-hybridized carbons (Fsp3) is 0.300. The molecule has 0 radical (unpaired) electrons. The first-order valence-electron chi connectivity index (χ1n) is 4.82. The van der Waals surface area contributed by atoms with Crippen molar-refractivity contribution in [3.8, 4) is 5.75 Å². The Morgan fingerprint density at radius 1 is 1.41 bits per heavy atom. The quantitative estimate of drug-likeness (QED) is 0.729. The zero-order valence-corrected chi connectivity index (χ0v) is 9.99. The fourth-order valence-corrected chi connectivity index (χ4v) is 2.16. The summed E-state index contributed by atoms with van der Waals surface area (Å²) in [5, 5.41) is 17.8. The number of aryl methyl sites for hydroxylation is 1. The summed E-state index contributed by atoms with van der Waals surface area (Å²) in [6, 6.07) is 4.32. The van der Waals surface area contributed by atoms with Crippen LogP contribution in [-0.4, -0.2) is 30.4 Å². The molecule has 0 unspecified atom stereocenters. The molecular formula is C10H13NO5S. The smallest absolute Gasteiger partial charge is 0.304 e. The predicted octanol–water partition coefficient (Wildman–Crippen LogP) is 0.917. The zero-order chi connectivity index (χ0) is 13.1. The number of rotatable bonds is 5. The largest absolute Gasteiger partial charge is 0.508 e. The van der Waals surface area contributed by atoms with E-state index in [2.05, 4.69) is 4.72 Å². The maximum absolute atomic E-state index is 11.4. The lowest BCUT2D eigenvalue weighted by Crippen LogP contribution is -2.18. The van der Waals surface area contributed by atoms with Crippen molar-refractivity contribution < 1.29 is 23.4 Å². The average molecular weight is 259 g/mol. The molecular weight excluding hydrogens is 246 g/mol. The molecule has 1 rings (SSSR count). The van der Waals surface area contributed by atoms with Crippen LogP contribution in [0.25, 0.3) is 0 Å². The molecule has 17 heavy (non-hydrogen) atoms. The lowest BCUT2D eigenvalue weighted by molar-refractivity contribution is -0.136. The van der Waals surface area contributed by atoms with E-state index < -0.39 is 28.2 Å². The third-order valence-corrected chi connectivity index (χ3v) is 3.36. The second kappa shape index (κ2) is 5.05. The lowest BCUT2D eigenvalue weighted by Gasteiger charge is -2.08. The summed E-state index contributed by atoms with van der Waals surface area (Å²) in [7, 11) is -3.70. The van der Waals surface area contributed by atoms with Crippen molar-refractivity contribution in [2.45, 2.75) is 13.3 Å². The van der Waals surface area contributed by atoms with Gasteiger partial charge in [0.05, 0.1) is 17.9 Å². The van der Waals surface area contributed by atoms with Gasteiger partial charge in [0, 0.05) is 6.07 Å². The van der Waals surface area contributed by atoms with Crippen molar-refractivity contribution in [1.29, 1.82) is 0 Å². The van der Waals surface area contributed by atoms with E-state index in [9.17, 15) is 18.3 Å². The minimum atomic E-state index is -3.70. The molecule has 0 heterocycles. The zero-order valence-electron chi connectivity index (χ0n) is 9.17. The van der Waals surface area contributed by atoms with E-state index in [0.29, 0.717) is 5.56 Å². The number of aliphatic carboxylic acids is 1. The molecule has 0 bridgehead atoms. The normalized spacial score (nSPS) is 11.1. The minimum absolute atomic E-state index is 0.0246. The first-order chi connectivity index (χ1) is 7.80. The number of sulfonamides is 1. The molecule has 7 heteroatoms. The molecule has 0 aromatic heterocycles. The van der Waals surface area contributed by atoms with Gasteiger partial charge in [0.15, 0.2) is 0 Å². The van der Waals surface area contributed by atoms with Crippen LogP contribution in [0.4, 0.5) is 5.69 Å². The summed E-state index contributed by atoms with van der Waals surface area (Å²) in [4.78, 5) is 10.3. The number of carbonyl (C=O) groups is 1. The van der Waals surface area contributed by atoms with E-state index in [1.54, 1.807) is 13.0 Å². The Kier molecular flexibility index (Phi) is 3.95. The maximum Gasteiger partial charge on any atom is 0.304 e. The Morgan fingerprint density at radius 2 is 2.06 bits per heavy atom. The Bertz CT molecular complexity index is 523. The van der Waals surface area contributed by atoms with Crippen LogP contribution in [0, 0.1) is 6.92 Å². The van der Waals surface area contributed by atoms with Gasteiger partial charge in [-0.3, -0.25) is 9.52 Å². The molecule has 0 spiro atoms. The highest BCUT2D eigenvalue weighted by Gasteiger charge is 2.13. The van der Waals surface area contributed by atoms with Crippen molar-refractivity contribution >= 4 is 21.7 Å². The summed E-state index contributed by atoms with van der Waals surface area (Å²) < 4.78 is 25.1. The molecule has 0 aliphatic rings. The van der Waals surface area contributed by atoms with Gasteiger partial charge >= 0.3 is 5.97 Å². The van der Waals surface area contributed by atoms with Crippen molar-refractivity contribution in [1.82, 2.24) is 0 Å². The van der Waals surface area contributed by atoms with Gasteiger partial charge in [-0.05, 0) is 18.6 Å². The van der Waals surface area contributed by atoms with E-state index >= 15 is 0 Å². The highest BCUT2D eigenvalue weighted by molar-refractivity contribution is 7.92. The molecule has 0 saturated carbocycles. The van der Waals surface area contributed by atoms with Gasteiger partial charge in [-0.1, -0.05) is 6.07 Å². The molecule has 94 valence electrons. The summed E-state index contributed by atoms with van der Waals surface area (Å²) in [5.41, 5.74) is 0.831. The summed E-state index contributed by atoms with van der Waals surface area (Å²) in [6.07, 6.45) is -0.465. The Morgan fingerprint density at radius 3 is 2.59 bits per heavy atom. The van der Waals surface area contributed by atoms with Gasteiger partial charge in [0.25, 0.3) is 0 Å². The summed E-state index contributed by atoms with van der Waals surface area (Å²) in [6.45, 7) is 1.68. The molecule has 0 fully saturated rings. The van der Waals surface area contributed by atoms with Crippen molar-refractivity contribution in [2.75, 3.05) is 10.5 Å². The van der Waals surface area contributed by atoms with E-state index in [4.69, 9.17) is 5.11 Å². The Labute approximate surface area is 99.0 Å². The standard InChI is InChI=1S/C10H13NO5S/c1-7-2-3-8(6-9(7)12)11-17(15,16)5-4-10(13)14/h2-3,6,11-12H,4-5H2,1H3,(H,13,14). The number of hydrogen-bond donors (Lipinski definition) is 3. The Hall–Kier alpha value is -1.76. The number of phenols is 1.